The molecule has 6 nitrogen and oxygen atoms in total. The monoisotopic (exact) mass is 522 g/mol. The second-order valence-electron chi connectivity index (χ2n) is 9.72. The van der Waals surface area contributed by atoms with E-state index >= 15 is 0 Å². The number of unbranched alkanes of at least 4 members (excludes halogenated alkanes) is 10. The fraction of sp³-hybridized carbons (Fsp3) is 0.742. The predicted octanol–water partition coefficient (Wildman–Crippen LogP) is 7.13. The normalized spacial score (nSPS) is 13.5. The van der Waals surface area contributed by atoms with Crippen molar-refractivity contribution in [1.82, 2.24) is 0 Å². The van der Waals surface area contributed by atoms with E-state index in [9.17, 15) is 19.8 Å². The molecule has 37 heavy (non-hydrogen) atoms. The molecule has 0 aromatic heterocycles. The van der Waals surface area contributed by atoms with E-state index in [-0.39, 0.29) is 25.6 Å². The van der Waals surface area contributed by atoms with Gasteiger partial charge in [-0.15, -0.1) is 0 Å². The van der Waals surface area contributed by atoms with E-state index in [0.717, 1.165) is 38.5 Å². The van der Waals surface area contributed by atoms with Crippen molar-refractivity contribution in [2.45, 2.75) is 135 Å². The van der Waals surface area contributed by atoms with Gasteiger partial charge in [0, 0.05) is 12.8 Å². The number of carbonyl (C=O) groups is 2. The van der Waals surface area contributed by atoms with Crippen LogP contribution in [0.2, 0.25) is 0 Å². The minimum Gasteiger partial charge on any atom is -0.463 e. The summed E-state index contributed by atoms with van der Waals surface area (Å²) >= 11 is 0. The van der Waals surface area contributed by atoms with Gasteiger partial charge in [-0.05, 0) is 38.5 Å². The fourth-order valence-corrected chi connectivity index (χ4v) is 3.68. The average Bonchev–Trinajstić information content (AvgIpc) is 2.88. The summed E-state index contributed by atoms with van der Waals surface area (Å²) in [4.78, 5) is 23.5. The third kappa shape index (κ3) is 26.9. The first kappa shape index (κ1) is 35.1. The fourth-order valence-electron chi connectivity index (χ4n) is 3.68. The maximum atomic E-state index is 11.8. The molecular weight excluding hydrogens is 468 g/mol. The van der Waals surface area contributed by atoms with Crippen molar-refractivity contribution in [3.05, 3.63) is 36.5 Å². The first-order chi connectivity index (χ1) is 18.0. The molecule has 0 amide bonds. The van der Waals surface area contributed by atoms with Crippen molar-refractivity contribution in [3.8, 4) is 0 Å². The van der Waals surface area contributed by atoms with Gasteiger partial charge in [0.15, 0.2) is 0 Å². The molecule has 0 aliphatic rings. The van der Waals surface area contributed by atoms with Crippen LogP contribution in [0.15, 0.2) is 36.5 Å². The van der Waals surface area contributed by atoms with Crippen molar-refractivity contribution in [3.63, 3.8) is 0 Å². The second kappa shape index (κ2) is 27.1. The van der Waals surface area contributed by atoms with Crippen LogP contribution in [0.3, 0.4) is 0 Å². The van der Waals surface area contributed by atoms with Gasteiger partial charge < -0.3 is 19.7 Å². The van der Waals surface area contributed by atoms with Crippen LogP contribution in [-0.2, 0) is 19.1 Å². The third-order valence-corrected chi connectivity index (χ3v) is 5.98. The molecule has 0 rings (SSSR count). The molecule has 0 aromatic rings. The maximum absolute atomic E-state index is 11.8. The molecule has 0 aliphatic heterocycles. The molecule has 0 heterocycles. The first-order valence-electron chi connectivity index (χ1n) is 14.6. The van der Waals surface area contributed by atoms with Gasteiger partial charge in [-0.1, -0.05) is 108 Å². The molecule has 6 heteroatoms. The van der Waals surface area contributed by atoms with Crippen molar-refractivity contribution in [1.29, 1.82) is 0 Å². The minimum atomic E-state index is -1.03. The number of allylic oxidation sites excluding steroid dienone is 5. The number of esters is 2. The van der Waals surface area contributed by atoms with Crippen LogP contribution in [-0.4, -0.2) is 47.6 Å². The molecular formula is C31H54O6. The summed E-state index contributed by atoms with van der Waals surface area (Å²) in [6.07, 6.45) is 26.9. The molecule has 2 atom stereocenters. The van der Waals surface area contributed by atoms with Gasteiger partial charge in [0.25, 0.3) is 0 Å². The Labute approximate surface area is 226 Å². The number of aliphatic hydroxyl groups excluding tert-OH is 2. The zero-order valence-corrected chi connectivity index (χ0v) is 23.6. The van der Waals surface area contributed by atoms with Gasteiger partial charge >= 0.3 is 11.9 Å². The number of ether oxygens (including phenoxy) is 2. The summed E-state index contributed by atoms with van der Waals surface area (Å²) < 4.78 is 10.1. The highest BCUT2D eigenvalue weighted by molar-refractivity contribution is 5.69. The highest BCUT2D eigenvalue weighted by Crippen LogP contribution is 2.08. The van der Waals surface area contributed by atoms with Crippen LogP contribution in [0.4, 0.5) is 0 Å². The van der Waals surface area contributed by atoms with E-state index < -0.39 is 18.2 Å². The van der Waals surface area contributed by atoms with Crippen molar-refractivity contribution in [2.24, 2.45) is 0 Å². The Morgan fingerprint density at radius 3 is 1.89 bits per heavy atom. The van der Waals surface area contributed by atoms with E-state index in [2.05, 4.69) is 32.1 Å². The van der Waals surface area contributed by atoms with Crippen molar-refractivity contribution < 1.29 is 29.3 Å². The lowest BCUT2D eigenvalue weighted by Gasteiger charge is -2.12. The average molecular weight is 523 g/mol. The Hall–Kier alpha value is -1.92. The van der Waals surface area contributed by atoms with Gasteiger partial charge in [0.2, 0.25) is 0 Å². The lowest BCUT2D eigenvalue weighted by Crippen LogP contribution is -2.25. The summed E-state index contributed by atoms with van der Waals surface area (Å²) in [6, 6.07) is 0. The number of hydrogen-bond acceptors (Lipinski definition) is 6. The van der Waals surface area contributed by atoms with E-state index in [0.29, 0.717) is 19.3 Å². The van der Waals surface area contributed by atoms with E-state index in [1.165, 1.54) is 44.9 Å². The molecule has 0 spiro atoms. The van der Waals surface area contributed by atoms with Gasteiger partial charge in [-0.25, -0.2) is 0 Å². The van der Waals surface area contributed by atoms with Crippen molar-refractivity contribution >= 4 is 11.9 Å². The van der Waals surface area contributed by atoms with E-state index in [1.54, 1.807) is 6.08 Å². The predicted molar refractivity (Wildman–Crippen MR) is 151 cm³/mol. The second-order valence-corrected chi connectivity index (χ2v) is 9.72. The van der Waals surface area contributed by atoms with Gasteiger partial charge in [-0.2, -0.15) is 0 Å². The summed E-state index contributed by atoms with van der Waals surface area (Å²) in [5, 5.41) is 19.8. The number of carbonyl (C=O) groups excluding carboxylic acids is 2. The highest BCUT2D eigenvalue weighted by Gasteiger charge is 2.12. The van der Waals surface area contributed by atoms with Crippen LogP contribution in [0.25, 0.3) is 0 Å². The maximum Gasteiger partial charge on any atom is 0.305 e. The molecule has 0 aromatic carbocycles. The summed E-state index contributed by atoms with van der Waals surface area (Å²) in [7, 11) is 0. The molecule has 1 unspecified atom stereocenters. The van der Waals surface area contributed by atoms with Crippen LogP contribution in [0.5, 0.6) is 0 Å². The number of hydrogen-bond donors (Lipinski definition) is 2. The van der Waals surface area contributed by atoms with Crippen LogP contribution in [0.1, 0.15) is 123 Å². The quantitative estimate of drug-likeness (QED) is 0.0573. The largest absolute Gasteiger partial charge is 0.463 e. The van der Waals surface area contributed by atoms with Crippen LogP contribution < -0.4 is 0 Å². The van der Waals surface area contributed by atoms with Gasteiger partial charge in [0.1, 0.15) is 19.3 Å². The molecule has 0 radical (unpaired) electrons. The van der Waals surface area contributed by atoms with Crippen LogP contribution >= 0.6 is 0 Å². The molecule has 214 valence electrons. The van der Waals surface area contributed by atoms with E-state index in [1.807, 2.05) is 12.2 Å². The summed E-state index contributed by atoms with van der Waals surface area (Å²) in [6.45, 7) is 4.00. The minimum absolute atomic E-state index is 0.161. The Morgan fingerprint density at radius 2 is 1.24 bits per heavy atom. The molecule has 2 N–H and O–H groups in total. The third-order valence-electron chi connectivity index (χ3n) is 5.98. The molecule has 0 saturated heterocycles. The molecule has 0 fully saturated rings. The summed E-state index contributed by atoms with van der Waals surface area (Å²) in [5.41, 5.74) is 0. The number of rotatable bonds is 25. The van der Waals surface area contributed by atoms with Crippen LogP contribution in [0, 0.1) is 0 Å². The summed E-state index contributed by atoms with van der Waals surface area (Å²) in [5.74, 6) is -0.774. The Morgan fingerprint density at radius 1 is 0.676 bits per heavy atom. The SMILES string of the molecule is CCCCCCCC/C=C/C/C=C/C=C/C(O)CCCC(=O)OC[C@@H](O)COC(=O)CCCCCCC. The Kier molecular flexibility index (Phi) is 25.7. The van der Waals surface area contributed by atoms with Crippen molar-refractivity contribution in [2.75, 3.05) is 13.2 Å². The zero-order chi connectivity index (χ0) is 27.4. The highest BCUT2D eigenvalue weighted by atomic mass is 16.6. The Bertz CT molecular complexity index is 625. The standard InChI is InChI=1S/C31H54O6/c1-3-5-7-9-10-11-12-13-14-15-16-18-19-22-28(32)23-21-25-31(35)37-27-29(33)26-36-30(34)24-20-17-8-6-4-2/h13-14,16,18-19,22,28-29,32-33H,3-12,15,17,20-21,23-27H2,1-2H3/b14-13+,18-16+,22-19+/t28?,29-/m0/s1. The van der Waals surface area contributed by atoms with Gasteiger partial charge in [0.05, 0.1) is 6.10 Å². The topological polar surface area (TPSA) is 93.1 Å². The first-order valence-corrected chi connectivity index (χ1v) is 14.6. The molecule has 0 aliphatic carbocycles. The lowest BCUT2D eigenvalue weighted by atomic mass is 10.1. The van der Waals surface area contributed by atoms with E-state index in [4.69, 9.17) is 9.47 Å². The molecule has 0 bridgehead atoms. The lowest BCUT2D eigenvalue weighted by molar-refractivity contribution is -0.152. The van der Waals surface area contributed by atoms with Gasteiger partial charge in [-0.3, -0.25) is 9.59 Å². The Balaban J connectivity index is 3.71. The molecule has 0 saturated carbocycles. The zero-order valence-electron chi connectivity index (χ0n) is 23.6. The number of aliphatic hydroxyl groups is 2. The smallest absolute Gasteiger partial charge is 0.305 e.